The van der Waals surface area contributed by atoms with E-state index in [2.05, 4.69) is 0 Å². The molecule has 2 aromatic carbocycles. The zero-order chi connectivity index (χ0) is 17.6. The fourth-order valence-corrected chi connectivity index (χ4v) is 2.16. The van der Waals surface area contributed by atoms with Crippen LogP contribution in [0.25, 0.3) is 0 Å². The summed E-state index contributed by atoms with van der Waals surface area (Å²) in [4.78, 5) is 18.7. The van der Waals surface area contributed by atoms with Gasteiger partial charge in [-0.2, -0.15) is 0 Å². The Morgan fingerprint density at radius 1 is 1.04 bits per heavy atom. The molecule has 128 valence electrons. The Bertz CT molecular complexity index is 650. The zero-order valence-electron chi connectivity index (χ0n) is 14.5. The number of carbonyl (C=O) groups is 1. The molecule has 4 nitrogen and oxygen atoms in total. The molecule has 0 radical (unpaired) electrons. The van der Waals surface area contributed by atoms with Crippen molar-refractivity contribution in [2.75, 3.05) is 0 Å². The van der Waals surface area contributed by atoms with Gasteiger partial charge in [0.2, 0.25) is 0 Å². The first-order valence-corrected chi connectivity index (χ1v) is 8.19. The lowest BCUT2D eigenvalue weighted by Crippen LogP contribution is -2.40. The highest BCUT2D eigenvalue weighted by molar-refractivity contribution is 5.80. The van der Waals surface area contributed by atoms with Gasteiger partial charge in [0, 0.05) is 5.41 Å². The summed E-state index contributed by atoms with van der Waals surface area (Å²) in [6.07, 6.45) is 0.736. The molecule has 0 saturated carbocycles. The van der Waals surface area contributed by atoms with E-state index >= 15 is 0 Å². The monoisotopic (exact) mass is 327 g/mol. The normalized spacial score (nSPS) is 11.3. The standard InChI is InChI=1S/C20H25NO3/c1-4-20(2,3)19(23)21(14-16-8-6-5-7-9-16)24-15-17-10-12-18(22)13-11-17/h5-13,22H,4,14-15H2,1-3H3. The summed E-state index contributed by atoms with van der Waals surface area (Å²) in [6, 6.07) is 16.6. The van der Waals surface area contributed by atoms with Crippen molar-refractivity contribution in [1.29, 1.82) is 0 Å². The summed E-state index contributed by atoms with van der Waals surface area (Å²) in [5, 5.41) is 10.8. The summed E-state index contributed by atoms with van der Waals surface area (Å²) < 4.78 is 0. The van der Waals surface area contributed by atoms with E-state index in [-0.39, 0.29) is 18.3 Å². The molecule has 0 aliphatic heterocycles. The first-order valence-electron chi connectivity index (χ1n) is 8.19. The van der Waals surface area contributed by atoms with Gasteiger partial charge in [-0.05, 0) is 29.7 Å². The van der Waals surface area contributed by atoms with E-state index in [4.69, 9.17) is 4.84 Å². The van der Waals surface area contributed by atoms with Gasteiger partial charge in [-0.25, -0.2) is 5.06 Å². The van der Waals surface area contributed by atoms with Gasteiger partial charge in [-0.3, -0.25) is 9.63 Å². The van der Waals surface area contributed by atoms with Crippen molar-refractivity contribution in [3.63, 3.8) is 0 Å². The Morgan fingerprint density at radius 3 is 2.25 bits per heavy atom. The van der Waals surface area contributed by atoms with Crippen LogP contribution in [0, 0.1) is 5.41 Å². The Kier molecular flexibility index (Phi) is 5.99. The molecule has 0 heterocycles. The smallest absolute Gasteiger partial charge is 0.252 e. The Balaban J connectivity index is 2.12. The molecule has 1 amide bonds. The molecule has 2 aromatic rings. The van der Waals surface area contributed by atoms with Crippen molar-refractivity contribution in [3.05, 3.63) is 65.7 Å². The number of hydrogen-bond acceptors (Lipinski definition) is 3. The van der Waals surface area contributed by atoms with Crippen LogP contribution in [0.4, 0.5) is 0 Å². The molecule has 0 bridgehead atoms. The molecule has 0 fully saturated rings. The van der Waals surface area contributed by atoms with Crippen LogP contribution < -0.4 is 0 Å². The van der Waals surface area contributed by atoms with Crippen molar-refractivity contribution >= 4 is 5.91 Å². The summed E-state index contributed by atoms with van der Waals surface area (Å²) >= 11 is 0. The second kappa shape index (κ2) is 7.97. The largest absolute Gasteiger partial charge is 0.508 e. The maximum absolute atomic E-state index is 12.8. The van der Waals surface area contributed by atoms with E-state index in [1.807, 2.05) is 51.1 Å². The van der Waals surface area contributed by atoms with Crippen LogP contribution in [0.1, 0.15) is 38.3 Å². The topological polar surface area (TPSA) is 49.8 Å². The fraction of sp³-hybridized carbons (Fsp3) is 0.350. The first kappa shape index (κ1) is 18.0. The van der Waals surface area contributed by atoms with E-state index in [1.165, 1.54) is 5.06 Å². The molecule has 0 atom stereocenters. The van der Waals surface area contributed by atoms with Crippen LogP contribution >= 0.6 is 0 Å². The Morgan fingerprint density at radius 2 is 1.67 bits per heavy atom. The molecule has 4 heteroatoms. The number of hydroxylamine groups is 2. The quantitative estimate of drug-likeness (QED) is 0.772. The summed E-state index contributed by atoms with van der Waals surface area (Å²) in [7, 11) is 0. The molecule has 0 saturated heterocycles. The minimum absolute atomic E-state index is 0.0346. The summed E-state index contributed by atoms with van der Waals surface area (Å²) in [5.74, 6) is 0.177. The predicted molar refractivity (Wildman–Crippen MR) is 94.0 cm³/mol. The Labute approximate surface area is 143 Å². The lowest BCUT2D eigenvalue weighted by atomic mass is 9.89. The molecular weight excluding hydrogens is 302 g/mol. The van der Waals surface area contributed by atoms with Gasteiger partial charge in [0.05, 0.1) is 6.54 Å². The number of rotatable bonds is 7. The third kappa shape index (κ3) is 4.83. The van der Waals surface area contributed by atoms with E-state index in [0.717, 1.165) is 17.5 Å². The van der Waals surface area contributed by atoms with Gasteiger partial charge in [0.15, 0.2) is 0 Å². The molecular formula is C20H25NO3. The molecule has 24 heavy (non-hydrogen) atoms. The van der Waals surface area contributed by atoms with Gasteiger partial charge in [-0.1, -0.05) is 63.2 Å². The van der Waals surface area contributed by atoms with Gasteiger partial charge < -0.3 is 5.11 Å². The van der Waals surface area contributed by atoms with Gasteiger partial charge >= 0.3 is 0 Å². The number of amides is 1. The molecule has 1 N–H and O–H groups in total. The molecule has 2 rings (SSSR count). The van der Waals surface area contributed by atoms with Gasteiger partial charge in [-0.15, -0.1) is 0 Å². The highest BCUT2D eigenvalue weighted by Crippen LogP contribution is 2.25. The number of aromatic hydroxyl groups is 1. The van der Waals surface area contributed by atoms with Crippen LogP contribution in [0.15, 0.2) is 54.6 Å². The van der Waals surface area contributed by atoms with Gasteiger partial charge in [0.25, 0.3) is 5.91 Å². The number of hydrogen-bond donors (Lipinski definition) is 1. The van der Waals surface area contributed by atoms with Crippen LogP contribution in [-0.4, -0.2) is 16.1 Å². The average Bonchev–Trinajstić information content (AvgIpc) is 2.60. The number of nitrogens with zero attached hydrogens (tertiary/aromatic N) is 1. The maximum atomic E-state index is 12.8. The summed E-state index contributed by atoms with van der Waals surface area (Å²) in [6.45, 7) is 6.53. The highest BCUT2D eigenvalue weighted by Gasteiger charge is 2.31. The minimum atomic E-state index is -0.482. The van der Waals surface area contributed by atoms with E-state index in [1.54, 1.807) is 24.3 Å². The molecule has 0 aliphatic carbocycles. The van der Waals surface area contributed by atoms with Crippen molar-refractivity contribution < 1.29 is 14.7 Å². The molecule has 0 aromatic heterocycles. The molecule has 0 spiro atoms. The van der Waals surface area contributed by atoms with E-state index < -0.39 is 5.41 Å². The molecule has 0 aliphatic rings. The first-order chi connectivity index (χ1) is 11.4. The predicted octanol–water partition coefficient (Wildman–Crippen LogP) is 4.29. The number of carbonyl (C=O) groups excluding carboxylic acids is 1. The van der Waals surface area contributed by atoms with Crippen molar-refractivity contribution in [3.8, 4) is 5.75 Å². The number of phenols is 1. The summed E-state index contributed by atoms with van der Waals surface area (Å²) in [5.41, 5.74) is 1.43. The number of phenolic OH excluding ortho intramolecular Hbond substituents is 1. The van der Waals surface area contributed by atoms with Crippen LogP contribution in [0.5, 0.6) is 5.75 Å². The highest BCUT2D eigenvalue weighted by atomic mass is 16.7. The fourth-order valence-electron chi connectivity index (χ4n) is 2.16. The van der Waals surface area contributed by atoms with Crippen LogP contribution in [0.3, 0.4) is 0 Å². The second-order valence-corrected chi connectivity index (χ2v) is 6.50. The van der Waals surface area contributed by atoms with Crippen LogP contribution in [0.2, 0.25) is 0 Å². The van der Waals surface area contributed by atoms with E-state index in [0.29, 0.717) is 6.54 Å². The minimum Gasteiger partial charge on any atom is -0.508 e. The lowest BCUT2D eigenvalue weighted by molar-refractivity contribution is -0.204. The maximum Gasteiger partial charge on any atom is 0.252 e. The average molecular weight is 327 g/mol. The van der Waals surface area contributed by atoms with Gasteiger partial charge in [0.1, 0.15) is 12.4 Å². The SMILES string of the molecule is CCC(C)(C)C(=O)N(Cc1ccccc1)OCc1ccc(O)cc1. The zero-order valence-corrected chi connectivity index (χ0v) is 14.5. The number of benzene rings is 2. The van der Waals surface area contributed by atoms with Crippen molar-refractivity contribution in [2.24, 2.45) is 5.41 Å². The second-order valence-electron chi connectivity index (χ2n) is 6.50. The van der Waals surface area contributed by atoms with Crippen molar-refractivity contribution in [2.45, 2.75) is 40.3 Å². The lowest BCUT2D eigenvalue weighted by Gasteiger charge is -2.30. The third-order valence-electron chi connectivity index (χ3n) is 4.18. The molecule has 0 unspecified atom stereocenters. The third-order valence-corrected chi connectivity index (χ3v) is 4.18. The van der Waals surface area contributed by atoms with Crippen molar-refractivity contribution in [1.82, 2.24) is 5.06 Å². The Hall–Kier alpha value is -2.33. The van der Waals surface area contributed by atoms with E-state index in [9.17, 15) is 9.90 Å². The van der Waals surface area contributed by atoms with Crippen LogP contribution in [-0.2, 0) is 22.8 Å².